The standard InChI is InChI=1S/C19H29N3O2/c1-3-15(4-2)13-20-19(24)22-12-8-9-16(14-22)18(23)21-17-10-6-5-7-11-17/h5-7,10-11,15-16H,3-4,8-9,12-14H2,1-2H3,(H,20,24)(H,21,23). The number of hydrogen-bond acceptors (Lipinski definition) is 2. The van der Waals surface area contributed by atoms with E-state index in [-0.39, 0.29) is 17.9 Å². The highest BCUT2D eigenvalue weighted by molar-refractivity contribution is 5.93. The number of carbonyl (C=O) groups excluding carboxylic acids is 2. The Kier molecular flexibility index (Phi) is 7.09. The number of amides is 3. The van der Waals surface area contributed by atoms with Gasteiger partial charge in [-0.3, -0.25) is 4.79 Å². The van der Waals surface area contributed by atoms with Gasteiger partial charge < -0.3 is 15.5 Å². The first-order valence-corrected chi connectivity index (χ1v) is 9.02. The van der Waals surface area contributed by atoms with Crippen molar-refractivity contribution in [2.75, 3.05) is 25.0 Å². The molecule has 1 aliphatic heterocycles. The molecule has 5 heteroatoms. The third kappa shape index (κ3) is 5.25. The van der Waals surface area contributed by atoms with Gasteiger partial charge in [-0.05, 0) is 30.9 Å². The van der Waals surface area contributed by atoms with Gasteiger partial charge in [-0.25, -0.2) is 4.79 Å². The van der Waals surface area contributed by atoms with Crippen LogP contribution in [0, 0.1) is 11.8 Å². The predicted molar refractivity (Wildman–Crippen MR) is 96.8 cm³/mol. The van der Waals surface area contributed by atoms with E-state index in [1.165, 1.54) is 0 Å². The molecule has 1 unspecified atom stereocenters. The molecular formula is C19H29N3O2. The minimum atomic E-state index is -0.141. The summed E-state index contributed by atoms with van der Waals surface area (Å²) in [6.45, 7) is 6.22. The lowest BCUT2D eigenvalue weighted by molar-refractivity contribution is -0.121. The van der Waals surface area contributed by atoms with E-state index < -0.39 is 0 Å². The highest BCUT2D eigenvalue weighted by Gasteiger charge is 2.28. The van der Waals surface area contributed by atoms with Crippen LogP contribution in [0.3, 0.4) is 0 Å². The van der Waals surface area contributed by atoms with E-state index in [9.17, 15) is 9.59 Å². The van der Waals surface area contributed by atoms with E-state index in [0.29, 0.717) is 19.0 Å². The summed E-state index contributed by atoms with van der Waals surface area (Å²) >= 11 is 0. The van der Waals surface area contributed by atoms with Crippen molar-refractivity contribution in [3.05, 3.63) is 30.3 Å². The second kappa shape index (κ2) is 9.30. The van der Waals surface area contributed by atoms with Gasteiger partial charge in [0.2, 0.25) is 5.91 Å². The highest BCUT2D eigenvalue weighted by atomic mass is 16.2. The summed E-state index contributed by atoms with van der Waals surface area (Å²) in [7, 11) is 0. The summed E-state index contributed by atoms with van der Waals surface area (Å²) in [6, 6.07) is 9.42. The Labute approximate surface area is 144 Å². The van der Waals surface area contributed by atoms with Gasteiger partial charge in [0.25, 0.3) is 0 Å². The summed E-state index contributed by atoms with van der Waals surface area (Å²) in [5, 5.41) is 5.96. The van der Waals surface area contributed by atoms with Crippen molar-refractivity contribution in [3.63, 3.8) is 0 Å². The fraction of sp³-hybridized carbons (Fsp3) is 0.579. The molecule has 0 aromatic heterocycles. The molecule has 132 valence electrons. The van der Waals surface area contributed by atoms with Crippen molar-refractivity contribution in [2.45, 2.75) is 39.5 Å². The van der Waals surface area contributed by atoms with Crippen LogP contribution >= 0.6 is 0 Å². The number of rotatable bonds is 6. The molecule has 3 amide bonds. The first-order chi connectivity index (χ1) is 11.6. The van der Waals surface area contributed by atoms with Gasteiger partial charge in [0, 0.05) is 25.3 Å². The van der Waals surface area contributed by atoms with Crippen molar-refractivity contribution in [2.24, 2.45) is 11.8 Å². The number of anilines is 1. The molecule has 0 spiro atoms. The maximum atomic E-state index is 12.4. The largest absolute Gasteiger partial charge is 0.338 e. The molecule has 24 heavy (non-hydrogen) atoms. The minimum absolute atomic E-state index is 0.00121. The number of likely N-dealkylation sites (tertiary alicyclic amines) is 1. The normalized spacial score (nSPS) is 17.6. The lowest BCUT2D eigenvalue weighted by Crippen LogP contribution is -2.48. The lowest BCUT2D eigenvalue weighted by atomic mass is 9.97. The molecule has 0 bridgehead atoms. The van der Waals surface area contributed by atoms with Crippen molar-refractivity contribution in [1.29, 1.82) is 0 Å². The van der Waals surface area contributed by atoms with Gasteiger partial charge in [-0.15, -0.1) is 0 Å². The summed E-state index contributed by atoms with van der Waals surface area (Å²) in [6.07, 6.45) is 3.83. The molecule has 1 atom stereocenters. The van der Waals surface area contributed by atoms with Crippen LogP contribution in [0.25, 0.3) is 0 Å². The monoisotopic (exact) mass is 331 g/mol. The average Bonchev–Trinajstić information content (AvgIpc) is 2.63. The van der Waals surface area contributed by atoms with Crippen LogP contribution in [0.15, 0.2) is 30.3 Å². The molecule has 0 saturated carbocycles. The number of nitrogens with zero attached hydrogens (tertiary/aromatic N) is 1. The fourth-order valence-corrected chi connectivity index (χ4v) is 3.06. The number of benzene rings is 1. The third-order valence-electron chi connectivity index (χ3n) is 4.82. The number of carbonyl (C=O) groups is 2. The van der Waals surface area contributed by atoms with Crippen LogP contribution in [0.4, 0.5) is 10.5 Å². The fourth-order valence-electron chi connectivity index (χ4n) is 3.06. The van der Waals surface area contributed by atoms with Gasteiger partial charge >= 0.3 is 6.03 Å². The quantitative estimate of drug-likeness (QED) is 0.838. The first-order valence-electron chi connectivity index (χ1n) is 9.02. The van der Waals surface area contributed by atoms with Gasteiger partial charge in [-0.1, -0.05) is 44.9 Å². The van der Waals surface area contributed by atoms with Crippen molar-refractivity contribution >= 4 is 17.6 Å². The smallest absolute Gasteiger partial charge is 0.317 e. The summed E-state index contributed by atoms with van der Waals surface area (Å²) < 4.78 is 0. The minimum Gasteiger partial charge on any atom is -0.338 e. The average molecular weight is 331 g/mol. The van der Waals surface area contributed by atoms with Crippen LogP contribution in [0.2, 0.25) is 0 Å². The van der Waals surface area contributed by atoms with Crippen molar-refractivity contribution in [1.82, 2.24) is 10.2 Å². The molecule has 2 rings (SSSR count). The zero-order chi connectivity index (χ0) is 17.4. The number of urea groups is 1. The molecule has 1 fully saturated rings. The van der Waals surface area contributed by atoms with Crippen LogP contribution in [-0.2, 0) is 4.79 Å². The number of para-hydroxylation sites is 1. The van der Waals surface area contributed by atoms with E-state index in [4.69, 9.17) is 0 Å². The molecule has 0 aliphatic carbocycles. The van der Waals surface area contributed by atoms with Gasteiger partial charge in [-0.2, -0.15) is 0 Å². The number of piperidine rings is 1. The molecular weight excluding hydrogens is 302 g/mol. The molecule has 1 saturated heterocycles. The number of nitrogens with one attached hydrogen (secondary N) is 2. The Balaban J connectivity index is 1.84. The van der Waals surface area contributed by atoms with Crippen LogP contribution in [-0.4, -0.2) is 36.5 Å². The first kappa shape index (κ1) is 18.3. The Morgan fingerprint density at radius 3 is 2.58 bits per heavy atom. The van der Waals surface area contributed by atoms with Gasteiger partial charge in [0.15, 0.2) is 0 Å². The molecule has 1 heterocycles. The zero-order valence-corrected chi connectivity index (χ0v) is 14.8. The highest BCUT2D eigenvalue weighted by Crippen LogP contribution is 2.19. The van der Waals surface area contributed by atoms with Crippen molar-refractivity contribution < 1.29 is 9.59 Å². The molecule has 1 aromatic rings. The summed E-state index contributed by atoms with van der Waals surface area (Å²) in [4.78, 5) is 26.5. The molecule has 5 nitrogen and oxygen atoms in total. The third-order valence-corrected chi connectivity index (χ3v) is 4.82. The topological polar surface area (TPSA) is 61.4 Å². The Bertz CT molecular complexity index is 529. The zero-order valence-electron chi connectivity index (χ0n) is 14.8. The van der Waals surface area contributed by atoms with E-state index in [2.05, 4.69) is 24.5 Å². The van der Waals surface area contributed by atoms with E-state index in [1.807, 2.05) is 30.3 Å². The van der Waals surface area contributed by atoms with Crippen LogP contribution < -0.4 is 10.6 Å². The summed E-state index contributed by atoms with van der Waals surface area (Å²) in [5.41, 5.74) is 0.804. The Morgan fingerprint density at radius 2 is 1.92 bits per heavy atom. The maximum Gasteiger partial charge on any atom is 0.317 e. The molecule has 0 radical (unpaired) electrons. The van der Waals surface area contributed by atoms with Gasteiger partial charge in [0.1, 0.15) is 0 Å². The van der Waals surface area contributed by atoms with Gasteiger partial charge in [0.05, 0.1) is 5.92 Å². The lowest BCUT2D eigenvalue weighted by Gasteiger charge is -2.32. The van der Waals surface area contributed by atoms with E-state index in [0.717, 1.165) is 37.9 Å². The van der Waals surface area contributed by atoms with E-state index >= 15 is 0 Å². The van der Waals surface area contributed by atoms with E-state index in [1.54, 1.807) is 4.90 Å². The second-order valence-electron chi connectivity index (χ2n) is 6.51. The van der Waals surface area contributed by atoms with Crippen LogP contribution in [0.5, 0.6) is 0 Å². The molecule has 1 aromatic carbocycles. The predicted octanol–water partition coefficient (Wildman–Crippen LogP) is 3.48. The van der Waals surface area contributed by atoms with Crippen molar-refractivity contribution in [3.8, 4) is 0 Å². The van der Waals surface area contributed by atoms with Crippen LogP contribution in [0.1, 0.15) is 39.5 Å². The Morgan fingerprint density at radius 1 is 1.21 bits per heavy atom. The molecule has 1 aliphatic rings. The maximum absolute atomic E-state index is 12.4. The summed E-state index contributed by atoms with van der Waals surface area (Å²) in [5.74, 6) is 0.382. The molecule has 2 N–H and O–H groups in total. The Hall–Kier alpha value is -2.04. The number of hydrogen-bond donors (Lipinski definition) is 2. The SMILES string of the molecule is CCC(CC)CNC(=O)N1CCCC(C(=O)Nc2ccccc2)C1. The second-order valence-corrected chi connectivity index (χ2v) is 6.51.